The third-order valence-corrected chi connectivity index (χ3v) is 2.32. The van der Waals surface area contributed by atoms with Gasteiger partial charge in [-0.2, -0.15) is 0 Å². The van der Waals surface area contributed by atoms with Crippen LogP contribution < -0.4 is 0 Å². The van der Waals surface area contributed by atoms with E-state index in [9.17, 15) is 9.59 Å². The molecule has 1 fully saturated rings. The Bertz CT molecular complexity index is 215. The summed E-state index contributed by atoms with van der Waals surface area (Å²) < 4.78 is 0. The highest BCUT2D eigenvalue weighted by atomic mass is 16.4. The lowest BCUT2D eigenvalue weighted by molar-refractivity contribution is -0.142. The predicted octanol–water partition coefficient (Wildman–Crippen LogP) is 0.720. The maximum absolute atomic E-state index is 11.5. The molecule has 1 heterocycles. The zero-order valence-electron chi connectivity index (χ0n) is 7.82. The van der Waals surface area contributed by atoms with Crippen LogP contribution in [0.5, 0.6) is 0 Å². The fraction of sp³-hybridized carbons (Fsp3) is 0.778. The summed E-state index contributed by atoms with van der Waals surface area (Å²) in [6, 6.07) is 0. The maximum atomic E-state index is 11.5. The number of carbonyl (C=O) groups excluding carboxylic acids is 1. The van der Waals surface area contributed by atoms with Crippen LogP contribution in [0.3, 0.4) is 0 Å². The first-order valence-corrected chi connectivity index (χ1v) is 4.65. The van der Waals surface area contributed by atoms with Crippen LogP contribution in [0.1, 0.15) is 26.2 Å². The average Bonchev–Trinajstić information content (AvgIpc) is 2.36. The molecule has 0 aromatic carbocycles. The van der Waals surface area contributed by atoms with Crippen LogP contribution in [0.4, 0.5) is 0 Å². The molecule has 0 bridgehead atoms. The topological polar surface area (TPSA) is 57.6 Å². The van der Waals surface area contributed by atoms with E-state index in [0.29, 0.717) is 6.42 Å². The highest BCUT2D eigenvalue weighted by Gasteiger charge is 2.32. The number of nitrogens with zero attached hydrogens (tertiary/aromatic N) is 1. The summed E-state index contributed by atoms with van der Waals surface area (Å²) in [4.78, 5) is 23.6. The lowest BCUT2D eigenvalue weighted by Crippen LogP contribution is -2.28. The Kier molecular flexibility index (Phi) is 3.28. The molecule has 0 radical (unpaired) electrons. The fourth-order valence-electron chi connectivity index (χ4n) is 1.70. The SMILES string of the molecule is CCCN1CCC(CC(=O)O)C1=O. The summed E-state index contributed by atoms with van der Waals surface area (Å²) in [5.74, 6) is -1.13. The van der Waals surface area contributed by atoms with Gasteiger partial charge in [-0.15, -0.1) is 0 Å². The van der Waals surface area contributed by atoms with Crippen molar-refractivity contribution >= 4 is 11.9 Å². The number of likely N-dealkylation sites (tertiary alicyclic amines) is 1. The number of carboxylic acid groups (broad SMARTS) is 1. The van der Waals surface area contributed by atoms with Crippen LogP contribution in [-0.2, 0) is 9.59 Å². The first-order chi connectivity index (χ1) is 6.15. The van der Waals surface area contributed by atoms with Crippen LogP contribution in [0.25, 0.3) is 0 Å². The second-order valence-electron chi connectivity index (χ2n) is 3.41. The maximum Gasteiger partial charge on any atom is 0.304 e. The standard InChI is InChI=1S/C9H15NO3/c1-2-4-10-5-3-7(9(10)13)6-8(11)12/h7H,2-6H2,1H3,(H,11,12). The molecule has 1 aliphatic heterocycles. The van der Waals surface area contributed by atoms with E-state index < -0.39 is 5.97 Å². The lowest BCUT2D eigenvalue weighted by atomic mass is 10.0. The lowest BCUT2D eigenvalue weighted by Gasteiger charge is -2.14. The smallest absolute Gasteiger partial charge is 0.304 e. The largest absolute Gasteiger partial charge is 0.481 e. The second kappa shape index (κ2) is 4.25. The third-order valence-electron chi connectivity index (χ3n) is 2.32. The van der Waals surface area contributed by atoms with Crippen molar-refractivity contribution in [2.45, 2.75) is 26.2 Å². The van der Waals surface area contributed by atoms with Crippen molar-refractivity contribution in [1.82, 2.24) is 4.90 Å². The van der Waals surface area contributed by atoms with Crippen LogP contribution in [-0.4, -0.2) is 35.0 Å². The van der Waals surface area contributed by atoms with E-state index in [1.54, 1.807) is 4.90 Å². The molecular formula is C9H15NO3. The molecule has 1 unspecified atom stereocenters. The molecule has 1 saturated heterocycles. The first kappa shape index (κ1) is 10.0. The van der Waals surface area contributed by atoms with Gasteiger partial charge < -0.3 is 10.0 Å². The van der Waals surface area contributed by atoms with Gasteiger partial charge in [0.15, 0.2) is 0 Å². The van der Waals surface area contributed by atoms with Gasteiger partial charge in [0.25, 0.3) is 0 Å². The highest BCUT2D eigenvalue weighted by molar-refractivity contribution is 5.84. The summed E-state index contributed by atoms with van der Waals surface area (Å²) in [6.45, 7) is 3.50. The van der Waals surface area contributed by atoms with E-state index in [2.05, 4.69) is 0 Å². The Morgan fingerprint density at radius 1 is 1.69 bits per heavy atom. The molecule has 0 aromatic heterocycles. The molecule has 1 aliphatic rings. The highest BCUT2D eigenvalue weighted by Crippen LogP contribution is 2.21. The molecular weight excluding hydrogens is 170 g/mol. The minimum atomic E-state index is -0.878. The van der Waals surface area contributed by atoms with E-state index in [1.807, 2.05) is 6.92 Å². The summed E-state index contributed by atoms with van der Waals surface area (Å²) in [7, 11) is 0. The monoisotopic (exact) mass is 185 g/mol. The first-order valence-electron chi connectivity index (χ1n) is 4.65. The van der Waals surface area contributed by atoms with Crippen molar-refractivity contribution in [3.05, 3.63) is 0 Å². The Morgan fingerprint density at radius 2 is 2.38 bits per heavy atom. The molecule has 1 N–H and O–H groups in total. The summed E-state index contributed by atoms with van der Waals surface area (Å²) in [5.41, 5.74) is 0. The van der Waals surface area contributed by atoms with Gasteiger partial charge in [-0.3, -0.25) is 9.59 Å². The second-order valence-corrected chi connectivity index (χ2v) is 3.41. The Labute approximate surface area is 77.5 Å². The number of rotatable bonds is 4. The van der Waals surface area contributed by atoms with E-state index >= 15 is 0 Å². The molecule has 1 atom stereocenters. The van der Waals surface area contributed by atoms with Gasteiger partial charge in [0.1, 0.15) is 0 Å². The normalized spacial score (nSPS) is 22.4. The number of aliphatic carboxylic acids is 1. The van der Waals surface area contributed by atoms with Crippen LogP contribution in [0, 0.1) is 5.92 Å². The zero-order valence-corrected chi connectivity index (χ0v) is 7.82. The van der Waals surface area contributed by atoms with Gasteiger partial charge in [0.2, 0.25) is 5.91 Å². The average molecular weight is 185 g/mol. The number of carboxylic acids is 1. The fourth-order valence-corrected chi connectivity index (χ4v) is 1.70. The molecule has 1 amide bonds. The van der Waals surface area contributed by atoms with Crippen molar-refractivity contribution in [3.63, 3.8) is 0 Å². The molecule has 13 heavy (non-hydrogen) atoms. The Morgan fingerprint density at radius 3 is 2.92 bits per heavy atom. The predicted molar refractivity (Wildman–Crippen MR) is 47.2 cm³/mol. The van der Waals surface area contributed by atoms with Crippen molar-refractivity contribution in [1.29, 1.82) is 0 Å². The summed E-state index contributed by atoms with van der Waals surface area (Å²) in [5, 5.41) is 8.54. The third kappa shape index (κ3) is 2.44. The summed E-state index contributed by atoms with van der Waals surface area (Å²) in [6.07, 6.45) is 1.62. The van der Waals surface area contributed by atoms with Crippen LogP contribution in [0.15, 0.2) is 0 Å². The molecule has 0 aromatic rings. The van der Waals surface area contributed by atoms with Crippen molar-refractivity contribution < 1.29 is 14.7 Å². The van der Waals surface area contributed by atoms with E-state index in [4.69, 9.17) is 5.11 Å². The van der Waals surface area contributed by atoms with Crippen molar-refractivity contribution in [2.24, 2.45) is 5.92 Å². The molecule has 0 saturated carbocycles. The molecule has 74 valence electrons. The number of hydrogen-bond donors (Lipinski definition) is 1. The Hall–Kier alpha value is -1.06. The molecule has 0 spiro atoms. The Balaban J connectivity index is 2.45. The van der Waals surface area contributed by atoms with Gasteiger partial charge in [0.05, 0.1) is 12.3 Å². The van der Waals surface area contributed by atoms with E-state index in [-0.39, 0.29) is 18.2 Å². The number of carbonyl (C=O) groups is 2. The van der Waals surface area contributed by atoms with Gasteiger partial charge >= 0.3 is 5.97 Å². The zero-order chi connectivity index (χ0) is 9.84. The molecule has 0 aliphatic carbocycles. The molecule has 4 nitrogen and oxygen atoms in total. The number of amides is 1. The summed E-state index contributed by atoms with van der Waals surface area (Å²) >= 11 is 0. The van der Waals surface area contributed by atoms with Gasteiger partial charge in [-0.25, -0.2) is 0 Å². The quantitative estimate of drug-likeness (QED) is 0.702. The van der Waals surface area contributed by atoms with Gasteiger partial charge in [-0.05, 0) is 12.8 Å². The van der Waals surface area contributed by atoms with E-state index in [0.717, 1.165) is 19.5 Å². The van der Waals surface area contributed by atoms with Gasteiger partial charge in [-0.1, -0.05) is 6.92 Å². The molecule has 1 rings (SSSR count). The number of hydrogen-bond acceptors (Lipinski definition) is 2. The van der Waals surface area contributed by atoms with Crippen LogP contribution >= 0.6 is 0 Å². The minimum Gasteiger partial charge on any atom is -0.481 e. The van der Waals surface area contributed by atoms with Crippen molar-refractivity contribution in [2.75, 3.05) is 13.1 Å². The van der Waals surface area contributed by atoms with Crippen molar-refractivity contribution in [3.8, 4) is 0 Å². The van der Waals surface area contributed by atoms with Gasteiger partial charge in [0, 0.05) is 13.1 Å². The van der Waals surface area contributed by atoms with E-state index in [1.165, 1.54) is 0 Å². The minimum absolute atomic E-state index is 0.0148. The van der Waals surface area contributed by atoms with Crippen LogP contribution in [0.2, 0.25) is 0 Å². The molecule has 4 heteroatoms.